The van der Waals surface area contributed by atoms with E-state index in [9.17, 15) is 10.1 Å². The minimum absolute atomic E-state index is 0.0718. The number of aromatic nitrogens is 3. The molecule has 3 rings (SSSR count). The minimum Gasteiger partial charge on any atom is -0.258 e. The second-order valence-corrected chi connectivity index (χ2v) is 6.04. The third-order valence-electron chi connectivity index (χ3n) is 3.42. The van der Waals surface area contributed by atoms with Crippen LogP contribution in [0.1, 0.15) is 11.1 Å². The molecule has 0 saturated carbocycles. The smallest absolute Gasteiger partial charge is 0.258 e. The maximum atomic E-state index is 11.0. The summed E-state index contributed by atoms with van der Waals surface area (Å²) in [6.45, 7) is 1.98. The lowest BCUT2D eigenvalue weighted by Crippen LogP contribution is -1.96. The summed E-state index contributed by atoms with van der Waals surface area (Å²) in [5.41, 5.74) is 2.27. The summed E-state index contributed by atoms with van der Waals surface area (Å²) in [5, 5.41) is 22.2. The van der Waals surface area contributed by atoms with Gasteiger partial charge in [0.1, 0.15) is 5.02 Å². The zero-order valence-electron chi connectivity index (χ0n) is 13.0. The second kappa shape index (κ2) is 6.96. The highest BCUT2D eigenvalue weighted by molar-refractivity contribution is 7.71. The maximum Gasteiger partial charge on any atom is 0.288 e. The van der Waals surface area contributed by atoms with Gasteiger partial charge in [0.15, 0.2) is 5.82 Å². The van der Waals surface area contributed by atoms with Crippen LogP contribution in [0.15, 0.2) is 47.6 Å². The van der Waals surface area contributed by atoms with E-state index in [-0.39, 0.29) is 10.7 Å². The van der Waals surface area contributed by atoms with Gasteiger partial charge in [-0.2, -0.15) is 14.9 Å². The predicted octanol–water partition coefficient (Wildman–Crippen LogP) is 4.36. The Kier molecular flexibility index (Phi) is 4.73. The van der Waals surface area contributed by atoms with Crippen LogP contribution < -0.4 is 0 Å². The number of benzene rings is 2. The van der Waals surface area contributed by atoms with Gasteiger partial charge >= 0.3 is 0 Å². The Bertz CT molecular complexity index is 1040. The number of H-pyrrole nitrogens is 1. The fourth-order valence-corrected chi connectivity index (χ4v) is 2.61. The lowest BCUT2D eigenvalue weighted by molar-refractivity contribution is -0.384. The first-order valence-corrected chi connectivity index (χ1v) is 7.97. The quantitative estimate of drug-likeness (QED) is 0.318. The molecule has 0 saturated heterocycles. The van der Waals surface area contributed by atoms with Crippen molar-refractivity contribution in [3.63, 3.8) is 0 Å². The maximum absolute atomic E-state index is 11.0. The van der Waals surface area contributed by atoms with E-state index in [1.54, 1.807) is 6.07 Å². The minimum atomic E-state index is -0.540. The van der Waals surface area contributed by atoms with Gasteiger partial charge in [-0.15, -0.1) is 0 Å². The first kappa shape index (κ1) is 17.0. The second-order valence-electron chi connectivity index (χ2n) is 5.25. The number of hydrogen-bond acceptors (Lipinski definition) is 5. The molecular formula is C16H12ClN5O2S. The van der Waals surface area contributed by atoms with E-state index in [2.05, 4.69) is 15.3 Å². The average Bonchev–Trinajstić information content (AvgIpc) is 2.94. The fourth-order valence-electron chi connectivity index (χ4n) is 2.24. The van der Waals surface area contributed by atoms with Crippen LogP contribution in [-0.2, 0) is 0 Å². The van der Waals surface area contributed by atoms with Crippen molar-refractivity contribution in [2.45, 2.75) is 6.92 Å². The van der Waals surface area contributed by atoms with Crippen molar-refractivity contribution < 1.29 is 4.92 Å². The van der Waals surface area contributed by atoms with Crippen LogP contribution >= 0.6 is 23.8 Å². The fraction of sp³-hybridized carbons (Fsp3) is 0.0625. The highest BCUT2D eigenvalue weighted by atomic mass is 35.5. The Morgan fingerprint density at radius 2 is 2.16 bits per heavy atom. The summed E-state index contributed by atoms with van der Waals surface area (Å²) >= 11 is 11.0. The van der Waals surface area contributed by atoms with Gasteiger partial charge < -0.3 is 0 Å². The molecule has 7 nitrogen and oxygen atoms in total. The van der Waals surface area contributed by atoms with Crippen molar-refractivity contribution >= 4 is 35.7 Å². The number of halogens is 1. The zero-order valence-corrected chi connectivity index (χ0v) is 14.6. The molecule has 0 aliphatic heterocycles. The van der Waals surface area contributed by atoms with Crippen molar-refractivity contribution in [2.75, 3.05) is 0 Å². The largest absolute Gasteiger partial charge is 0.288 e. The molecule has 25 heavy (non-hydrogen) atoms. The van der Waals surface area contributed by atoms with Gasteiger partial charge in [-0.1, -0.05) is 41.4 Å². The van der Waals surface area contributed by atoms with E-state index in [1.165, 1.54) is 23.0 Å². The Balaban J connectivity index is 2.00. The molecule has 1 heterocycles. The number of nitro groups is 1. The van der Waals surface area contributed by atoms with E-state index in [4.69, 9.17) is 23.8 Å². The lowest BCUT2D eigenvalue weighted by atomic mass is 10.1. The highest BCUT2D eigenvalue weighted by Crippen LogP contribution is 2.24. The molecule has 0 atom stereocenters. The van der Waals surface area contributed by atoms with Gasteiger partial charge in [-0.25, -0.2) is 5.10 Å². The van der Waals surface area contributed by atoms with Crippen molar-refractivity contribution in [3.8, 4) is 11.4 Å². The molecule has 0 aliphatic rings. The van der Waals surface area contributed by atoms with Crippen molar-refractivity contribution in [3.05, 3.63) is 73.5 Å². The normalized spacial score (nSPS) is 11.1. The van der Waals surface area contributed by atoms with Crippen LogP contribution in [0.3, 0.4) is 0 Å². The molecular weight excluding hydrogens is 362 g/mol. The third-order valence-corrected chi connectivity index (χ3v) is 4.00. The molecule has 1 N–H and O–H groups in total. The molecule has 9 heteroatoms. The van der Waals surface area contributed by atoms with E-state index in [0.717, 1.165) is 11.1 Å². The van der Waals surface area contributed by atoms with E-state index < -0.39 is 4.92 Å². The average molecular weight is 374 g/mol. The molecule has 0 amide bonds. The number of nitrogens with one attached hydrogen (secondary N) is 1. The van der Waals surface area contributed by atoms with Gasteiger partial charge in [-0.05, 0) is 31.3 Å². The molecule has 0 aliphatic carbocycles. The molecule has 0 fully saturated rings. The summed E-state index contributed by atoms with van der Waals surface area (Å²) in [6, 6.07) is 12.2. The number of aryl methyl sites for hydroxylation is 1. The van der Waals surface area contributed by atoms with Crippen molar-refractivity contribution in [2.24, 2.45) is 5.10 Å². The van der Waals surface area contributed by atoms with Gasteiger partial charge in [0, 0.05) is 17.2 Å². The zero-order chi connectivity index (χ0) is 18.0. The van der Waals surface area contributed by atoms with Gasteiger partial charge in [0.2, 0.25) is 4.77 Å². The SMILES string of the molecule is Cc1cccc(-c2n[nH]c(=S)n2/N=C/c2ccc(Cl)c([N+](=O)[O-])c2)c1. The Hall–Kier alpha value is -2.84. The Morgan fingerprint density at radius 3 is 2.88 bits per heavy atom. The standard InChI is InChI=1S/C16H12ClN5O2S/c1-10-3-2-4-12(7-10)15-19-20-16(25)21(15)18-9-11-5-6-13(17)14(8-11)22(23)24/h2-9H,1H3,(H,20,25)/b18-9+. The summed E-state index contributed by atoms with van der Waals surface area (Å²) in [4.78, 5) is 10.4. The van der Waals surface area contributed by atoms with Crippen LogP contribution in [0.2, 0.25) is 5.02 Å². The summed E-state index contributed by atoms with van der Waals surface area (Å²) in [5.74, 6) is 0.549. The summed E-state index contributed by atoms with van der Waals surface area (Å²) in [6.07, 6.45) is 1.47. The van der Waals surface area contributed by atoms with E-state index in [1.807, 2.05) is 31.2 Å². The molecule has 0 radical (unpaired) electrons. The molecule has 0 spiro atoms. The van der Waals surface area contributed by atoms with Gasteiger partial charge in [-0.3, -0.25) is 10.1 Å². The Labute approximate surface area is 152 Å². The molecule has 0 unspecified atom stereocenters. The van der Waals surface area contributed by atoms with Gasteiger partial charge in [0.25, 0.3) is 5.69 Å². The molecule has 0 bridgehead atoms. The lowest BCUT2D eigenvalue weighted by Gasteiger charge is -2.02. The van der Waals surface area contributed by atoms with Crippen molar-refractivity contribution in [1.29, 1.82) is 0 Å². The van der Waals surface area contributed by atoms with Crippen LogP contribution in [0.4, 0.5) is 5.69 Å². The van der Waals surface area contributed by atoms with Crippen LogP contribution in [0.5, 0.6) is 0 Å². The van der Waals surface area contributed by atoms with Crippen molar-refractivity contribution in [1.82, 2.24) is 14.9 Å². The monoisotopic (exact) mass is 373 g/mol. The van der Waals surface area contributed by atoms with Crippen LogP contribution in [0.25, 0.3) is 11.4 Å². The number of rotatable bonds is 4. The Morgan fingerprint density at radius 1 is 1.36 bits per heavy atom. The predicted molar refractivity (Wildman–Crippen MR) is 98.7 cm³/mol. The topological polar surface area (TPSA) is 89.1 Å². The molecule has 1 aromatic heterocycles. The number of hydrogen-bond donors (Lipinski definition) is 1. The first-order chi connectivity index (χ1) is 12.0. The first-order valence-electron chi connectivity index (χ1n) is 7.18. The van der Waals surface area contributed by atoms with E-state index >= 15 is 0 Å². The van der Waals surface area contributed by atoms with E-state index in [0.29, 0.717) is 16.2 Å². The van der Waals surface area contributed by atoms with Crippen LogP contribution in [-0.4, -0.2) is 26.0 Å². The molecule has 3 aromatic rings. The number of aromatic amines is 1. The third kappa shape index (κ3) is 3.65. The summed E-state index contributed by atoms with van der Waals surface area (Å²) < 4.78 is 1.78. The number of nitrogens with zero attached hydrogens (tertiary/aromatic N) is 4. The highest BCUT2D eigenvalue weighted by Gasteiger charge is 2.12. The summed E-state index contributed by atoms with van der Waals surface area (Å²) in [7, 11) is 0. The van der Waals surface area contributed by atoms with Gasteiger partial charge in [0.05, 0.1) is 11.1 Å². The van der Waals surface area contributed by atoms with Crippen LogP contribution in [0, 0.1) is 21.8 Å². The molecule has 2 aromatic carbocycles. The number of nitro benzene ring substituents is 1. The molecule has 126 valence electrons.